The molecule has 0 atom stereocenters. The molecule has 1 aromatic heterocycles. The summed E-state index contributed by atoms with van der Waals surface area (Å²) in [5.41, 5.74) is 9.02. The van der Waals surface area contributed by atoms with Gasteiger partial charge in [-0.05, 0) is 42.6 Å². The van der Waals surface area contributed by atoms with Gasteiger partial charge in [-0.1, -0.05) is 25.4 Å². The van der Waals surface area contributed by atoms with Crippen LogP contribution in [0, 0.1) is 0 Å². The van der Waals surface area contributed by atoms with Gasteiger partial charge >= 0.3 is 0 Å². The molecule has 86 valence electrons. The molecule has 3 N–H and O–H groups in total. The van der Waals surface area contributed by atoms with E-state index < -0.39 is 0 Å². The van der Waals surface area contributed by atoms with Gasteiger partial charge in [0.2, 0.25) is 0 Å². The molecule has 0 spiro atoms. The van der Waals surface area contributed by atoms with E-state index >= 15 is 0 Å². The molecule has 0 amide bonds. The molecular weight excluding hydrogens is 220 g/mol. The van der Waals surface area contributed by atoms with Crippen molar-refractivity contribution in [3.05, 3.63) is 34.5 Å². The average Bonchev–Trinajstić information content (AvgIpc) is 2.62. The summed E-state index contributed by atoms with van der Waals surface area (Å²) >= 11 is 6.24. The van der Waals surface area contributed by atoms with Crippen LogP contribution in [0.15, 0.2) is 18.2 Å². The third-order valence-corrected chi connectivity index (χ3v) is 3.11. The van der Waals surface area contributed by atoms with Crippen LogP contribution < -0.4 is 5.73 Å². The van der Waals surface area contributed by atoms with Crippen LogP contribution in [0.4, 0.5) is 0 Å². The Morgan fingerprint density at radius 1 is 1.31 bits per heavy atom. The van der Waals surface area contributed by atoms with Crippen molar-refractivity contribution in [3.63, 3.8) is 0 Å². The largest absolute Gasteiger partial charge is 0.357 e. The Labute approximate surface area is 101 Å². The zero-order valence-corrected chi connectivity index (χ0v) is 10.4. The van der Waals surface area contributed by atoms with E-state index in [2.05, 4.69) is 31.0 Å². The fourth-order valence-corrected chi connectivity index (χ4v) is 2.20. The van der Waals surface area contributed by atoms with Gasteiger partial charge in [-0.3, -0.25) is 0 Å². The van der Waals surface area contributed by atoms with Crippen molar-refractivity contribution >= 4 is 22.5 Å². The summed E-state index contributed by atoms with van der Waals surface area (Å²) < 4.78 is 0. The molecule has 0 unspecified atom stereocenters. The number of fused-ring (bicyclic) bond motifs is 1. The first-order chi connectivity index (χ1) is 7.61. The van der Waals surface area contributed by atoms with Crippen molar-refractivity contribution in [2.75, 3.05) is 6.54 Å². The number of aromatic amines is 1. The van der Waals surface area contributed by atoms with Crippen molar-refractivity contribution in [3.8, 4) is 0 Å². The maximum Gasteiger partial charge on any atom is 0.0649 e. The third kappa shape index (κ3) is 2.08. The van der Waals surface area contributed by atoms with Gasteiger partial charge in [0.25, 0.3) is 0 Å². The van der Waals surface area contributed by atoms with E-state index in [4.69, 9.17) is 17.3 Å². The Kier molecular flexibility index (Phi) is 3.22. The average molecular weight is 237 g/mol. The van der Waals surface area contributed by atoms with E-state index in [0.29, 0.717) is 12.5 Å². The summed E-state index contributed by atoms with van der Waals surface area (Å²) in [5.74, 6) is 0.487. The van der Waals surface area contributed by atoms with Crippen molar-refractivity contribution in [2.45, 2.75) is 26.2 Å². The fraction of sp³-hybridized carbons (Fsp3) is 0.385. The molecule has 3 heteroatoms. The van der Waals surface area contributed by atoms with Gasteiger partial charge in [-0.15, -0.1) is 0 Å². The lowest BCUT2D eigenvalue weighted by molar-refractivity contribution is 0.836. The normalized spacial score (nSPS) is 11.6. The van der Waals surface area contributed by atoms with Crippen molar-refractivity contribution in [1.82, 2.24) is 4.98 Å². The van der Waals surface area contributed by atoms with Gasteiger partial charge in [0.1, 0.15) is 0 Å². The number of H-pyrrole nitrogens is 1. The van der Waals surface area contributed by atoms with Crippen molar-refractivity contribution < 1.29 is 0 Å². The van der Waals surface area contributed by atoms with E-state index in [1.54, 1.807) is 0 Å². The first kappa shape index (κ1) is 11.5. The van der Waals surface area contributed by atoms with Gasteiger partial charge in [-0.2, -0.15) is 0 Å². The summed E-state index contributed by atoms with van der Waals surface area (Å²) in [6, 6.07) is 6.33. The molecule has 0 aliphatic heterocycles. The standard InChI is InChI=1S/C13H17ClN2/c1-8(2)12-7-10-5-9(3-4-15)6-11(14)13(10)16-12/h5-8,16H,3-4,15H2,1-2H3. The van der Waals surface area contributed by atoms with Crippen LogP contribution in [0.25, 0.3) is 10.9 Å². The Hall–Kier alpha value is -0.990. The molecule has 0 saturated heterocycles. The number of halogens is 1. The van der Waals surface area contributed by atoms with Crippen molar-refractivity contribution in [1.29, 1.82) is 0 Å². The highest BCUT2D eigenvalue weighted by atomic mass is 35.5. The zero-order chi connectivity index (χ0) is 11.7. The number of aromatic nitrogens is 1. The summed E-state index contributed by atoms with van der Waals surface area (Å²) in [7, 11) is 0. The number of rotatable bonds is 3. The smallest absolute Gasteiger partial charge is 0.0649 e. The molecule has 16 heavy (non-hydrogen) atoms. The molecule has 0 radical (unpaired) electrons. The lowest BCUT2D eigenvalue weighted by Crippen LogP contribution is -2.02. The number of nitrogens with one attached hydrogen (secondary N) is 1. The maximum absolute atomic E-state index is 6.24. The van der Waals surface area contributed by atoms with Gasteiger partial charge in [-0.25, -0.2) is 0 Å². The van der Waals surface area contributed by atoms with Crippen LogP contribution in [0.2, 0.25) is 5.02 Å². The molecule has 0 saturated carbocycles. The van der Waals surface area contributed by atoms with Crippen molar-refractivity contribution in [2.24, 2.45) is 5.73 Å². The molecule has 2 rings (SSSR count). The molecule has 0 aliphatic rings. The lowest BCUT2D eigenvalue weighted by atomic mass is 10.1. The van der Waals surface area contributed by atoms with Crippen LogP contribution in [0.5, 0.6) is 0 Å². The van der Waals surface area contributed by atoms with Gasteiger partial charge in [0, 0.05) is 11.1 Å². The molecule has 1 heterocycles. The lowest BCUT2D eigenvalue weighted by Gasteiger charge is -2.01. The second kappa shape index (κ2) is 4.48. The van der Waals surface area contributed by atoms with Crippen LogP contribution in [0.1, 0.15) is 31.0 Å². The van der Waals surface area contributed by atoms with E-state index in [1.165, 1.54) is 16.6 Å². The zero-order valence-electron chi connectivity index (χ0n) is 9.68. The number of nitrogens with two attached hydrogens (primary N) is 1. The number of benzene rings is 1. The predicted octanol–water partition coefficient (Wildman–Crippen LogP) is 3.45. The Balaban J connectivity index is 2.54. The van der Waals surface area contributed by atoms with Crippen LogP contribution in [-0.2, 0) is 6.42 Å². The van der Waals surface area contributed by atoms with E-state index in [9.17, 15) is 0 Å². The predicted molar refractivity (Wildman–Crippen MR) is 70.2 cm³/mol. The van der Waals surface area contributed by atoms with E-state index in [0.717, 1.165) is 17.0 Å². The van der Waals surface area contributed by atoms with E-state index in [1.807, 2.05) is 6.07 Å². The minimum atomic E-state index is 0.487. The molecule has 1 aromatic carbocycles. The SMILES string of the molecule is CC(C)c1cc2cc(CCN)cc(Cl)c2[nH]1. The van der Waals surface area contributed by atoms with Crippen LogP contribution in [-0.4, -0.2) is 11.5 Å². The highest BCUT2D eigenvalue weighted by Crippen LogP contribution is 2.28. The second-order valence-electron chi connectivity index (χ2n) is 4.46. The topological polar surface area (TPSA) is 41.8 Å². The highest BCUT2D eigenvalue weighted by molar-refractivity contribution is 6.35. The summed E-state index contributed by atoms with van der Waals surface area (Å²) in [5, 5.41) is 1.97. The first-order valence-corrected chi connectivity index (χ1v) is 6.00. The Morgan fingerprint density at radius 3 is 2.69 bits per heavy atom. The quantitative estimate of drug-likeness (QED) is 0.842. The van der Waals surface area contributed by atoms with E-state index in [-0.39, 0.29) is 0 Å². The monoisotopic (exact) mass is 236 g/mol. The molecule has 0 aliphatic carbocycles. The summed E-state index contributed by atoms with van der Waals surface area (Å²) in [6.45, 7) is 4.99. The maximum atomic E-state index is 6.24. The highest BCUT2D eigenvalue weighted by Gasteiger charge is 2.08. The summed E-state index contributed by atoms with van der Waals surface area (Å²) in [6.07, 6.45) is 0.873. The Bertz CT molecular complexity index is 500. The van der Waals surface area contributed by atoms with Crippen LogP contribution in [0.3, 0.4) is 0 Å². The number of hydrogen-bond donors (Lipinski definition) is 2. The molecule has 0 fully saturated rings. The minimum absolute atomic E-state index is 0.487. The molecular formula is C13H17ClN2. The van der Waals surface area contributed by atoms with Crippen LogP contribution >= 0.6 is 11.6 Å². The molecule has 2 nitrogen and oxygen atoms in total. The fourth-order valence-electron chi connectivity index (χ4n) is 1.90. The number of hydrogen-bond acceptors (Lipinski definition) is 1. The Morgan fingerprint density at radius 2 is 2.06 bits per heavy atom. The van der Waals surface area contributed by atoms with Gasteiger partial charge < -0.3 is 10.7 Å². The second-order valence-corrected chi connectivity index (χ2v) is 4.87. The molecule has 0 bridgehead atoms. The molecule has 2 aromatic rings. The van der Waals surface area contributed by atoms with Gasteiger partial charge in [0.15, 0.2) is 0 Å². The summed E-state index contributed by atoms with van der Waals surface area (Å²) in [4.78, 5) is 3.37. The first-order valence-electron chi connectivity index (χ1n) is 5.63. The third-order valence-electron chi connectivity index (χ3n) is 2.82. The minimum Gasteiger partial charge on any atom is -0.357 e. The van der Waals surface area contributed by atoms with Gasteiger partial charge in [0.05, 0.1) is 10.5 Å².